The topological polar surface area (TPSA) is 15.5 Å². The van der Waals surface area contributed by atoms with Gasteiger partial charge in [-0.25, -0.2) is 0 Å². The van der Waals surface area contributed by atoms with E-state index in [9.17, 15) is 0 Å². The zero-order valence-corrected chi connectivity index (χ0v) is 31.2. The average molecular weight is 670 g/mol. The Morgan fingerprint density at radius 1 is 0.725 bits per heavy atom. The van der Waals surface area contributed by atoms with Crippen molar-refractivity contribution in [1.29, 1.82) is 0 Å². The predicted octanol–water partition coefficient (Wildman–Crippen LogP) is 11.9. The summed E-state index contributed by atoms with van der Waals surface area (Å²) in [4.78, 5) is 2.38. The normalized spacial score (nSPS) is 19.6. The molecular formula is C48H49N2O+. The first-order chi connectivity index (χ1) is 24.6. The van der Waals surface area contributed by atoms with E-state index in [1.807, 2.05) is 0 Å². The molecule has 3 aliphatic rings. The SMILES string of the molecule is CCc1ccc(OC2=C(/C=C/C3=[N+](C)c4ccc5ccccc5c4C3(C)C)CCC/C2=C\C=C2\N(C)c3ccc4ccccc4c3C2(C)C)cc1. The smallest absolute Gasteiger partial charge is 0.210 e. The molecule has 2 aliphatic heterocycles. The van der Waals surface area contributed by atoms with Gasteiger partial charge >= 0.3 is 0 Å². The van der Waals surface area contributed by atoms with Gasteiger partial charge in [0.15, 0.2) is 5.71 Å². The van der Waals surface area contributed by atoms with Crippen LogP contribution < -0.4 is 9.64 Å². The van der Waals surface area contributed by atoms with Crippen molar-refractivity contribution in [2.45, 2.75) is 71.1 Å². The zero-order chi connectivity index (χ0) is 35.5. The molecule has 0 N–H and O–H groups in total. The summed E-state index contributed by atoms with van der Waals surface area (Å²) in [6.07, 6.45) is 13.4. The molecule has 0 saturated carbocycles. The Bertz CT molecular complexity index is 2360. The fourth-order valence-corrected chi connectivity index (χ4v) is 9.01. The van der Waals surface area contributed by atoms with E-state index in [0.29, 0.717) is 0 Å². The third-order valence-electron chi connectivity index (χ3n) is 11.7. The van der Waals surface area contributed by atoms with Crippen molar-refractivity contribution in [3.8, 4) is 5.75 Å². The first kappa shape index (κ1) is 33.0. The van der Waals surface area contributed by atoms with Gasteiger partial charge in [-0.05, 0) is 120 Å². The zero-order valence-electron chi connectivity index (χ0n) is 31.2. The molecule has 0 bridgehead atoms. The number of nitrogens with zero attached hydrogens (tertiary/aromatic N) is 2. The molecule has 0 amide bonds. The van der Waals surface area contributed by atoms with Crippen LogP contribution in [0.3, 0.4) is 0 Å². The summed E-state index contributed by atoms with van der Waals surface area (Å²) in [5, 5.41) is 5.25. The van der Waals surface area contributed by atoms with Crippen LogP contribution in [-0.4, -0.2) is 24.4 Å². The molecule has 5 aromatic rings. The van der Waals surface area contributed by atoms with Crippen molar-refractivity contribution in [2.75, 3.05) is 19.0 Å². The monoisotopic (exact) mass is 669 g/mol. The number of ether oxygens (including phenoxy) is 1. The Morgan fingerprint density at radius 2 is 1.39 bits per heavy atom. The summed E-state index contributed by atoms with van der Waals surface area (Å²) in [5.41, 5.74) is 11.5. The van der Waals surface area contributed by atoms with Gasteiger partial charge in [0, 0.05) is 41.6 Å². The maximum absolute atomic E-state index is 6.90. The van der Waals surface area contributed by atoms with Crippen LogP contribution in [0.4, 0.5) is 11.4 Å². The van der Waals surface area contributed by atoms with Crippen LogP contribution in [-0.2, 0) is 17.3 Å². The highest BCUT2D eigenvalue weighted by molar-refractivity contribution is 6.07. The van der Waals surface area contributed by atoms with Crippen molar-refractivity contribution in [3.63, 3.8) is 0 Å². The lowest BCUT2D eigenvalue weighted by molar-refractivity contribution is -0.401. The van der Waals surface area contributed by atoms with E-state index in [0.717, 1.165) is 37.2 Å². The van der Waals surface area contributed by atoms with Crippen LogP contribution in [0.5, 0.6) is 5.75 Å². The molecule has 0 aromatic heterocycles. The highest BCUT2D eigenvalue weighted by atomic mass is 16.5. The van der Waals surface area contributed by atoms with Gasteiger partial charge in [0.2, 0.25) is 5.69 Å². The molecule has 5 aromatic carbocycles. The minimum Gasteiger partial charge on any atom is -0.457 e. The number of hydrogen-bond acceptors (Lipinski definition) is 2. The molecule has 256 valence electrons. The number of rotatable bonds is 6. The number of likely N-dealkylation sites (N-methyl/N-ethyl adjacent to an activating group) is 1. The fourth-order valence-electron chi connectivity index (χ4n) is 9.01. The molecule has 3 heteroatoms. The molecule has 1 aliphatic carbocycles. The third kappa shape index (κ3) is 5.46. The summed E-state index contributed by atoms with van der Waals surface area (Å²) >= 11 is 0. The first-order valence-corrected chi connectivity index (χ1v) is 18.6. The van der Waals surface area contributed by atoms with Gasteiger partial charge < -0.3 is 9.64 Å². The number of benzene rings is 5. The van der Waals surface area contributed by atoms with E-state index in [1.165, 1.54) is 72.2 Å². The van der Waals surface area contributed by atoms with E-state index in [4.69, 9.17) is 4.74 Å². The lowest BCUT2D eigenvalue weighted by Gasteiger charge is -2.25. The van der Waals surface area contributed by atoms with Crippen LogP contribution in [0.2, 0.25) is 0 Å². The van der Waals surface area contributed by atoms with Crippen molar-refractivity contribution in [2.24, 2.45) is 0 Å². The number of anilines is 1. The summed E-state index contributed by atoms with van der Waals surface area (Å²) in [7, 11) is 4.42. The van der Waals surface area contributed by atoms with Crippen molar-refractivity contribution in [1.82, 2.24) is 0 Å². The summed E-state index contributed by atoms with van der Waals surface area (Å²) < 4.78 is 9.28. The molecule has 0 fully saturated rings. The predicted molar refractivity (Wildman–Crippen MR) is 216 cm³/mol. The van der Waals surface area contributed by atoms with Gasteiger partial charge in [0.1, 0.15) is 18.6 Å². The average Bonchev–Trinajstić information content (AvgIpc) is 3.47. The van der Waals surface area contributed by atoms with Crippen molar-refractivity contribution in [3.05, 3.63) is 161 Å². The Morgan fingerprint density at radius 3 is 2.10 bits per heavy atom. The molecule has 0 saturated heterocycles. The number of allylic oxidation sites excluding steroid dienone is 7. The quantitative estimate of drug-likeness (QED) is 0.167. The Kier molecular flexibility index (Phi) is 8.13. The lowest BCUT2D eigenvalue weighted by Crippen LogP contribution is -2.27. The molecule has 8 rings (SSSR count). The van der Waals surface area contributed by atoms with Gasteiger partial charge in [-0.15, -0.1) is 0 Å². The summed E-state index contributed by atoms with van der Waals surface area (Å²) in [6.45, 7) is 11.6. The highest BCUT2D eigenvalue weighted by Crippen LogP contribution is 2.50. The van der Waals surface area contributed by atoms with Crippen LogP contribution in [0.15, 0.2) is 144 Å². The molecule has 3 nitrogen and oxygen atoms in total. The minimum atomic E-state index is -0.144. The van der Waals surface area contributed by atoms with Crippen LogP contribution >= 0.6 is 0 Å². The van der Waals surface area contributed by atoms with Crippen LogP contribution in [0.1, 0.15) is 70.6 Å². The summed E-state index contributed by atoms with van der Waals surface area (Å²) in [6, 6.07) is 35.2. The second kappa shape index (κ2) is 12.6. The van der Waals surface area contributed by atoms with E-state index >= 15 is 0 Å². The third-order valence-corrected chi connectivity index (χ3v) is 11.7. The van der Waals surface area contributed by atoms with Crippen molar-refractivity contribution < 1.29 is 9.31 Å². The van der Waals surface area contributed by atoms with E-state index in [1.54, 1.807) is 0 Å². The van der Waals surface area contributed by atoms with E-state index in [-0.39, 0.29) is 10.8 Å². The van der Waals surface area contributed by atoms with Gasteiger partial charge in [-0.1, -0.05) is 93.6 Å². The second-order valence-electron chi connectivity index (χ2n) is 15.5. The van der Waals surface area contributed by atoms with Gasteiger partial charge in [0.05, 0.1) is 5.41 Å². The van der Waals surface area contributed by atoms with Crippen LogP contribution in [0.25, 0.3) is 21.5 Å². The standard InChI is InChI=1S/C48H49N2O/c1-8-32-20-26-37(27-21-32)51-46-35(24-30-42-47(2,3)44-38-18-11-9-14-33(38)22-28-40(44)49(42)6)16-13-17-36(46)25-31-43-48(4,5)45-39-19-12-10-15-34(39)23-29-41(45)50(43)7/h9-12,14-15,18-31H,8,13,16-17H2,1-7H3/q+1. The number of aryl methyl sites for hydroxylation is 1. The van der Waals surface area contributed by atoms with Gasteiger partial charge in [0.25, 0.3) is 0 Å². The van der Waals surface area contributed by atoms with E-state index < -0.39 is 0 Å². The fraction of sp³-hybridized carbons (Fsp3) is 0.271. The van der Waals surface area contributed by atoms with Crippen molar-refractivity contribution >= 4 is 38.6 Å². The molecule has 0 unspecified atom stereocenters. The largest absolute Gasteiger partial charge is 0.457 e. The Labute approximate surface area is 303 Å². The first-order valence-electron chi connectivity index (χ1n) is 18.6. The molecule has 51 heavy (non-hydrogen) atoms. The Hall–Kier alpha value is -5.15. The maximum Gasteiger partial charge on any atom is 0.210 e. The highest BCUT2D eigenvalue weighted by Gasteiger charge is 2.44. The van der Waals surface area contributed by atoms with E-state index in [2.05, 4.69) is 180 Å². The molecule has 0 radical (unpaired) electrons. The van der Waals surface area contributed by atoms with Gasteiger partial charge in [-0.2, -0.15) is 4.58 Å². The number of hydrogen-bond donors (Lipinski definition) is 0. The number of fused-ring (bicyclic) bond motifs is 6. The minimum absolute atomic E-state index is 0.144. The second-order valence-corrected chi connectivity index (χ2v) is 15.5. The molecule has 2 heterocycles. The lowest BCUT2D eigenvalue weighted by atomic mass is 9.78. The maximum atomic E-state index is 6.90. The Balaban J connectivity index is 1.21. The van der Waals surface area contributed by atoms with Crippen LogP contribution in [0, 0.1) is 0 Å². The summed E-state index contributed by atoms with van der Waals surface area (Å²) in [5.74, 6) is 1.87. The molecule has 0 atom stereocenters. The molecule has 0 spiro atoms. The molecular weight excluding hydrogens is 621 g/mol. The van der Waals surface area contributed by atoms with Gasteiger partial charge in [-0.3, -0.25) is 0 Å².